The zero-order valence-corrected chi connectivity index (χ0v) is 20.1. The number of halogens is 1. The van der Waals surface area contributed by atoms with Crippen LogP contribution in [0.15, 0.2) is 46.8 Å². The summed E-state index contributed by atoms with van der Waals surface area (Å²) in [6, 6.07) is 12.9. The first-order valence-electron chi connectivity index (χ1n) is 9.59. The van der Waals surface area contributed by atoms with E-state index in [1.807, 2.05) is 18.4 Å². The number of guanidine groups is 1. The van der Waals surface area contributed by atoms with Gasteiger partial charge in [0.25, 0.3) is 0 Å². The van der Waals surface area contributed by atoms with Crippen LogP contribution in [0.2, 0.25) is 0 Å². The largest absolute Gasteiger partial charge is 0.374 e. The number of anilines is 1. The lowest BCUT2D eigenvalue weighted by Crippen LogP contribution is -2.52. The molecule has 0 saturated carbocycles. The van der Waals surface area contributed by atoms with E-state index in [0.29, 0.717) is 6.61 Å². The summed E-state index contributed by atoms with van der Waals surface area (Å²) in [7, 11) is 1.86. The molecular formula is C21H31IN4OS. The molecule has 1 aliphatic heterocycles. The highest BCUT2D eigenvalue weighted by molar-refractivity contribution is 14.0. The lowest BCUT2D eigenvalue weighted by Gasteiger charge is -2.37. The van der Waals surface area contributed by atoms with Gasteiger partial charge < -0.3 is 19.9 Å². The highest BCUT2D eigenvalue weighted by Crippen LogP contribution is 2.22. The van der Waals surface area contributed by atoms with Crippen molar-refractivity contribution in [1.82, 2.24) is 10.2 Å². The second-order valence-electron chi connectivity index (χ2n) is 7.00. The Kier molecular flexibility index (Phi) is 9.53. The number of benzene rings is 1. The van der Waals surface area contributed by atoms with Gasteiger partial charge >= 0.3 is 0 Å². The van der Waals surface area contributed by atoms with Gasteiger partial charge in [0.2, 0.25) is 0 Å². The Morgan fingerprint density at radius 1 is 1.11 bits per heavy atom. The topological polar surface area (TPSA) is 40.1 Å². The van der Waals surface area contributed by atoms with Crippen LogP contribution in [-0.4, -0.2) is 50.2 Å². The summed E-state index contributed by atoms with van der Waals surface area (Å²) in [6.45, 7) is 9.61. The summed E-state index contributed by atoms with van der Waals surface area (Å²) in [5.41, 5.74) is 2.46. The van der Waals surface area contributed by atoms with Crippen molar-refractivity contribution < 1.29 is 4.74 Å². The van der Waals surface area contributed by atoms with Crippen molar-refractivity contribution in [2.75, 3.05) is 38.1 Å². The highest BCUT2D eigenvalue weighted by atomic mass is 127. The van der Waals surface area contributed by atoms with Gasteiger partial charge in [-0.15, -0.1) is 35.3 Å². The minimum Gasteiger partial charge on any atom is -0.374 e. The minimum absolute atomic E-state index is 0. The second kappa shape index (κ2) is 11.6. The van der Waals surface area contributed by atoms with Crippen LogP contribution in [0.1, 0.15) is 25.0 Å². The molecule has 1 saturated heterocycles. The van der Waals surface area contributed by atoms with Crippen LogP contribution >= 0.6 is 35.3 Å². The van der Waals surface area contributed by atoms with Crippen LogP contribution in [0.4, 0.5) is 5.00 Å². The highest BCUT2D eigenvalue weighted by Gasteiger charge is 2.20. The normalized spacial score (nSPS) is 14.9. The number of nitrogens with one attached hydrogen (secondary N) is 1. The Labute approximate surface area is 189 Å². The van der Waals surface area contributed by atoms with Gasteiger partial charge in [0.1, 0.15) is 0 Å². The molecule has 28 heavy (non-hydrogen) atoms. The van der Waals surface area contributed by atoms with Gasteiger partial charge in [-0.05, 0) is 42.5 Å². The molecule has 0 aliphatic carbocycles. The van der Waals surface area contributed by atoms with E-state index in [4.69, 9.17) is 4.74 Å². The van der Waals surface area contributed by atoms with E-state index in [2.05, 4.69) is 75.7 Å². The zero-order chi connectivity index (χ0) is 19.1. The number of rotatable bonds is 6. The smallest absolute Gasteiger partial charge is 0.194 e. The third kappa shape index (κ3) is 6.63. The van der Waals surface area contributed by atoms with Gasteiger partial charge in [0, 0.05) is 39.8 Å². The monoisotopic (exact) mass is 514 g/mol. The van der Waals surface area contributed by atoms with Crippen LogP contribution in [0.3, 0.4) is 0 Å². The van der Waals surface area contributed by atoms with E-state index in [1.165, 1.54) is 16.1 Å². The number of ether oxygens (including phenoxy) is 1. The lowest BCUT2D eigenvalue weighted by molar-refractivity contribution is 0.0657. The Morgan fingerprint density at radius 2 is 1.79 bits per heavy atom. The molecule has 7 heteroatoms. The van der Waals surface area contributed by atoms with E-state index in [9.17, 15) is 0 Å². The van der Waals surface area contributed by atoms with Crippen molar-refractivity contribution in [2.45, 2.75) is 33.1 Å². The van der Waals surface area contributed by atoms with E-state index in [0.717, 1.165) is 38.7 Å². The maximum Gasteiger partial charge on any atom is 0.194 e. The summed E-state index contributed by atoms with van der Waals surface area (Å²) >= 11 is 1.81. The standard InChI is InChI=1S/C21H30N4OS.HI/c1-17(2)26-16-19-8-6-18(7-9-19)15-23-21(22-3)25-12-10-24(11-13-25)20-5-4-14-27-20;/h4-9,14,17H,10-13,15-16H2,1-3H3,(H,22,23);1H. The Morgan fingerprint density at radius 3 is 2.36 bits per heavy atom. The molecule has 1 fully saturated rings. The first-order valence-corrected chi connectivity index (χ1v) is 10.5. The molecule has 0 atom stereocenters. The summed E-state index contributed by atoms with van der Waals surface area (Å²) in [5, 5.41) is 7.01. The maximum atomic E-state index is 5.65. The molecule has 1 aromatic carbocycles. The number of nitrogens with zero attached hydrogens (tertiary/aromatic N) is 3. The summed E-state index contributed by atoms with van der Waals surface area (Å²) in [5.74, 6) is 0.980. The lowest BCUT2D eigenvalue weighted by atomic mass is 10.1. The number of thiophene rings is 1. The van der Waals surface area contributed by atoms with Crippen LogP contribution in [-0.2, 0) is 17.9 Å². The molecule has 2 heterocycles. The zero-order valence-electron chi connectivity index (χ0n) is 16.9. The number of piperazine rings is 1. The molecule has 2 aromatic rings. The van der Waals surface area contributed by atoms with Gasteiger partial charge in [0.15, 0.2) is 5.96 Å². The molecule has 3 rings (SSSR count). The average Bonchev–Trinajstić information content (AvgIpc) is 3.23. The summed E-state index contributed by atoms with van der Waals surface area (Å²) < 4.78 is 5.65. The fraction of sp³-hybridized carbons (Fsp3) is 0.476. The SMILES string of the molecule is CN=C(NCc1ccc(COC(C)C)cc1)N1CCN(c2cccs2)CC1.I. The quantitative estimate of drug-likeness (QED) is 0.357. The number of hydrogen-bond acceptors (Lipinski definition) is 4. The molecule has 1 aliphatic rings. The molecule has 0 amide bonds. The fourth-order valence-electron chi connectivity index (χ4n) is 3.12. The maximum absolute atomic E-state index is 5.65. The van der Waals surface area contributed by atoms with E-state index in [1.54, 1.807) is 0 Å². The molecule has 0 bridgehead atoms. The van der Waals surface area contributed by atoms with Gasteiger partial charge in [-0.3, -0.25) is 4.99 Å². The van der Waals surface area contributed by atoms with Crippen LogP contribution in [0.5, 0.6) is 0 Å². The number of hydrogen-bond donors (Lipinski definition) is 1. The first kappa shape index (κ1) is 23.0. The van der Waals surface area contributed by atoms with E-state index >= 15 is 0 Å². The van der Waals surface area contributed by atoms with Crippen molar-refractivity contribution in [3.63, 3.8) is 0 Å². The van der Waals surface area contributed by atoms with E-state index in [-0.39, 0.29) is 30.1 Å². The Hall–Kier alpha value is -1.32. The fourth-order valence-corrected chi connectivity index (χ4v) is 3.90. The van der Waals surface area contributed by atoms with Gasteiger partial charge in [-0.25, -0.2) is 0 Å². The van der Waals surface area contributed by atoms with Gasteiger partial charge in [-0.2, -0.15) is 0 Å². The van der Waals surface area contributed by atoms with Gasteiger partial charge in [0.05, 0.1) is 17.7 Å². The molecular weight excluding hydrogens is 483 g/mol. The molecule has 1 N–H and O–H groups in total. The minimum atomic E-state index is 0. The van der Waals surface area contributed by atoms with Crippen molar-refractivity contribution in [3.05, 3.63) is 52.9 Å². The van der Waals surface area contributed by atoms with E-state index < -0.39 is 0 Å². The van der Waals surface area contributed by atoms with Crippen molar-refractivity contribution in [3.8, 4) is 0 Å². The summed E-state index contributed by atoms with van der Waals surface area (Å²) in [6.07, 6.45) is 0.259. The molecule has 0 spiro atoms. The van der Waals surface area contributed by atoms with Crippen molar-refractivity contribution in [2.24, 2.45) is 4.99 Å². The van der Waals surface area contributed by atoms with Crippen LogP contribution in [0, 0.1) is 0 Å². The van der Waals surface area contributed by atoms with Crippen LogP contribution < -0.4 is 10.2 Å². The molecule has 1 aromatic heterocycles. The second-order valence-corrected chi connectivity index (χ2v) is 7.93. The number of aliphatic imine (C=N–C) groups is 1. The van der Waals surface area contributed by atoms with Crippen molar-refractivity contribution in [1.29, 1.82) is 0 Å². The first-order chi connectivity index (χ1) is 13.2. The predicted molar refractivity (Wildman–Crippen MR) is 130 cm³/mol. The molecule has 5 nitrogen and oxygen atoms in total. The third-order valence-electron chi connectivity index (χ3n) is 4.67. The third-order valence-corrected chi connectivity index (χ3v) is 5.59. The summed E-state index contributed by atoms with van der Waals surface area (Å²) in [4.78, 5) is 9.27. The Bertz CT molecular complexity index is 711. The average molecular weight is 514 g/mol. The van der Waals surface area contributed by atoms with Crippen LogP contribution in [0.25, 0.3) is 0 Å². The predicted octanol–water partition coefficient (Wildman–Crippen LogP) is 4.19. The van der Waals surface area contributed by atoms with Crippen molar-refractivity contribution >= 4 is 46.3 Å². The molecule has 0 radical (unpaired) electrons. The van der Waals surface area contributed by atoms with Gasteiger partial charge in [-0.1, -0.05) is 24.3 Å². The molecule has 0 unspecified atom stereocenters. The Balaban J connectivity index is 0.00000280. The molecule has 154 valence electrons.